The van der Waals surface area contributed by atoms with Crippen molar-refractivity contribution in [1.29, 1.82) is 0 Å². The van der Waals surface area contributed by atoms with Gasteiger partial charge in [0.15, 0.2) is 0 Å². The Morgan fingerprint density at radius 2 is 2.12 bits per heavy atom. The summed E-state index contributed by atoms with van der Waals surface area (Å²) in [7, 11) is -0.608. The molecule has 0 bridgehead atoms. The summed E-state index contributed by atoms with van der Waals surface area (Å²) in [6.07, 6.45) is 0.844. The number of hydrogen-bond acceptors (Lipinski definition) is 5. The summed E-state index contributed by atoms with van der Waals surface area (Å²) < 4.78 is 4.76. The molecule has 3 N–H and O–H groups in total. The molecular formula is C16H27N3O6Si. The molecule has 2 heterocycles. The Bertz CT molecular complexity index is 597. The fraction of sp³-hybridized carbons (Fsp3) is 0.750. The summed E-state index contributed by atoms with van der Waals surface area (Å²) in [4.78, 5) is 49.4. The molecule has 0 aromatic carbocycles. The molecule has 3 atom stereocenters. The van der Waals surface area contributed by atoms with E-state index in [1.807, 2.05) is 13.1 Å². The number of hydrogen-bond donors (Lipinski definition) is 3. The maximum atomic E-state index is 12.7. The molecule has 9 nitrogen and oxygen atoms in total. The number of nitrogens with one attached hydrogen (secondary N) is 2. The van der Waals surface area contributed by atoms with Gasteiger partial charge in [-0.05, 0) is 25.3 Å². The van der Waals surface area contributed by atoms with Crippen LogP contribution >= 0.6 is 0 Å². The maximum Gasteiger partial charge on any atom is 0.407 e. The number of carboxylic acid groups (broad SMARTS) is 1. The first kappa shape index (κ1) is 20.2. The Kier molecular flexibility index (Phi) is 6.27. The van der Waals surface area contributed by atoms with Crippen molar-refractivity contribution in [1.82, 2.24) is 15.5 Å². The van der Waals surface area contributed by atoms with Crippen LogP contribution in [0.25, 0.3) is 0 Å². The van der Waals surface area contributed by atoms with Crippen molar-refractivity contribution in [3.05, 3.63) is 0 Å². The molecule has 1 unspecified atom stereocenters. The van der Waals surface area contributed by atoms with E-state index in [1.54, 1.807) is 0 Å². The smallest absolute Gasteiger partial charge is 0.407 e. The van der Waals surface area contributed by atoms with Crippen LogP contribution in [0.1, 0.15) is 19.3 Å². The third-order valence-electron chi connectivity index (χ3n) is 4.99. The van der Waals surface area contributed by atoms with Gasteiger partial charge in [-0.15, -0.1) is 0 Å². The zero-order valence-corrected chi connectivity index (χ0v) is 16.4. The van der Waals surface area contributed by atoms with Gasteiger partial charge >= 0.3 is 12.1 Å². The number of nitrogens with zero attached hydrogens (tertiary/aromatic N) is 1. The lowest BCUT2D eigenvalue weighted by Gasteiger charge is -2.27. The van der Waals surface area contributed by atoms with Crippen LogP contribution in [0.2, 0.25) is 19.1 Å². The second-order valence-electron chi connectivity index (χ2n) is 7.74. The zero-order chi connectivity index (χ0) is 19.5. The molecule has 0 saturated carbocycles. The maximum absolute atomic E-state index is 12.7. The lowest BCUT2D eigenvalue weighted by atomic mass is 9.91. The van der Waals surface area contributed by atoms with Gasteiger partial charge in [-0.1, -0.05) is 13.1 Å². The van der Waals surface area contributed by atoms with Crippen LogP contribution < -0.4 is 10.6 Å². The minimum atomic E-state index is -1.83. The topological polar surface area (TPSA) is 125 Å². The van der Waals surface area contributed by atoms with Crippen LogP contribution in [0.15, 0.2) is 0 Å². The second-order valence-corrected chi connectivity index (χ2v) is 12.8. The van der Waals surface area contributed by atoms with Crippen molar-refractivity contribution >= 4 is 32.0 Å². The molecule has 0 aromatic heterocycles. The Balaban J connectivity index is 2.09. The van der Waals surface area contributed by atoms with Gasteiger partial charge in [0.25, 0.3) is 0 Å². The average molecular weight is 385 g/mol. The van der Waals surface area contributed by atoms with E-state index >= 15 is 0 Å². The minimum Gasteiger partial charge on any atom is -0.467 e. The second kappa shape index (κ2) is 8.06. The molecule has 0 aliphatic carbocycles. The van der Waals surface area contributed by atoms with E-state index < -0.39 is 38.1 Å². The number of rotatable bonds is 5. The molecule has 2 fully saturated rings. The Labute approximate surface area is 153 Å². The molecule has 2 rings (SSSR count). The Hall–Kier alpha value is -2.10. The highest BCUT2D eigenvalue weighted by Gasteiger charge is 2.46. The summed E-state index contributed by atoms with van der Waals surface area (Å²) in [5.74, 6) is -1.65. The van der Waals surface area contributed by atoms with E-state index in [1.165, 1.54) is 7.11 Å². The van der Waals surface area contributed by atoms with Crippen molar-refractivity contribution in [2.24, 2.45) is 5.92 Å². The third-order valence-corrected chi connectivity index (χ3v) is 7.68. The average Bonchev–Trinajstić information content (AvgIpc) is 2.91. The summed E-state index contributed by atoms with van der Waals surface area (Å²) in [5, 5.41) is 14.7. The normalized spacial score (nSPS) is 26.0. The van der Waals surface area contributed by atoms with Crippen molar-refractivity contribution in [2.45, 2.75) is 50.5 Å². The number of amides is 3. The first-order valence-electron chi connectivity index (χ1n) is 8.80. The van der Waals surface area contributed by atoms with Crippen LogP contribution in [0.5, 0.6) is 0 Å². The molecule has 2 aliphatic heterocycles. The standard InChI is InChI=1S/C16H27N3O6Si/c1-25-15(22)11(7-10-5-4-6-17-13(10)20)18-14(21)12-8-26(2,3)9-19(12)16(23)24/h10-12H,4-9H2,1-3H3,(H,17,20)(H,18,21)(H,23,24)/t10-,11?,12-/m0/s1. The van der Waals surface area contributed by atoms with E-state index in [0.717, 1.165) is 11.3 Å². The van der Waals surface area contributed by atoms with Gasteiger partial charge in [0.05, 0.1) is 15.2 Å². The fourth-order valence-corrected chi connectivity index (χ4v) is 6.53. The molecule has 26 heavy (non-hydrogen) atoms. The van der Waals surface area contributed by atoms with Gasteiger partial charge in [-0.2, -0.15) is 0 Å². The monoisotopic (exact) mass is 385 g/mol. The van der Waals surface area contributed by atoms with Crippen molar-refractivity contribution in [3.63, 3.8) is 0 Å². The number of ether oxygens (including phenoxy) is 1. The molecule has 0 spiro atoms. The molecule has 146 valence electrons. The molecule has 2 saturated heterocycles. The van der Waals surface area contributed by atoms with Gasteiger partial charge in [-0.3, -0.25) is 14.5 Å². The molecule has 2 aliphatic rings. The van der Waals surface area contributed by atoms with Crippen molar-refractivity contribution in [3.8, 4) is 0 Å². The SMILES string of the molecule is COC(=O)C(C[C@@H]1CCCNC1=O)NC(=O)[C@@H]1C[Si](C)(C)CN1C(=O)O. The Morgan fingerprint density at radius 3 is 2.69 bits per heavy atom. The highest BCUT2D eigenvalue weighted by atomic mass is 28.3. The predicted octanol–water partition coefficient (Wildman–Crippen LogP) is 0.170. The lowest BCUT2D eigenvalue weighted by molar-refractivity contribution is -0.146. The molecule has 3 amide bonds. The molecule has 0 aromatic rings. The van der Waals surface area contributed by atoms with Gasteiger partial charge in [0.2, 0.25) is 11.8 Å². The number of esters is 1. The van der Waals surface area contributed by atoms with Crippen LogP contribution in [-0.4, -0.2) is 73.9 Å². The van der Waals surface area contributed by atoms with E-state index in [9.17, 15) is 24.3 Å². The van der Waals surface area contributed by atoms with E-state index in [0.29, 0.717) is 25.2 Å². The number of piperidine rings is 1. The van der Waals surface area contributed by atoms with Gasteiger partial charge in [0.1, 0.15) is 12.1 Å². The first-order valence-corrected chi connectivity index (χ1v) is 12.2. The van der Waals surface area contributed by atoms with Crippen LogP contribution in [0, 0.1) is 5.92 Å². The highest BCUT2D eigenvalue weighted by Crippen LogP contribution is 2.27. The van der Waals surface area contributed by atoms with Crippen LogP contribution in [0.3, 0.4) is 0 Å². The van der Waals surface area contributed by atoms with Gasteiger partial charge in [-0.25, -0.2) is 9.59 Å². The summed E-state index contributed by atoms with van der Waals surface area (Å²) in [5.41, 5.74) is 0. The van der Waals surface area contributed by atoms with Gasteiger partial charge < -0.3 is 20.5 Å². The minimum absolute atomic E-state index is 0.138. The Morgan fingerprint density at radius 1 is 1.42 bits per heavy atom. The van der Waals surface area contributed by atoms with E-state index in [2.05, 4.69) is 10.6 Å². The van der Waals surface area contributed by atoms with E-state index in [4.69, 9.17) is 4.74 Å². The summed E-state index contributed by atoms with van der Waals surface area (Å²) in [6.45, 7) is 4.67. The molecule has 0 radical (unpaired) electrons. The number of carbonyl (C=O) groups is 4. The van der Waals surface area contributed by atoms with Gasteiger partial charge in [0, 0.05) is 18.6 Å². The van der Waals surface area contributed by atoms with E-state index in [-0.39, 0.29) is 18.2 Å². The number of carbonyl (C=O) groups excluding carboxylic acids is 3. The summed E-state index contributed by atoms with van der Waals surface area (Å²) in [6, 6.07) is -1.27. The quantitative estimate of drug-likeness (QED) is 0.458. The van der Waals surface area contributed by atoms with Crippen LogP contribution in [0.4, 0.5) is 4.79 Å². The van der Waals surface area contributed by atoms with Crippen LogP contribution in [-0.2, 0) is 19.1 Å². The third kappa shape index (κ3) is 4.74. The predicted molar refractivity (Wildman–Crippen MR) is 95.1 cm³/mol. The number of methoxy groups -OCH3 is 1. The van der Waals surface area contributed by atoms with Crippen molar-refractivity contribution < 1.29 is 29.0 Å². The first-order chi connectivity index (χ1) is 12.1. The summed E-state index contributed by atoms with van der Waals surface area (Å²) >= 11 is 0. The lowest BCUT2D eigenvalue weighted by Crippen LogP contribution is -2.52. The fourth-order valence-electron chi connectivity index (χ4n) is 3.67. The largest absolute Gasteiger partial charge is 0.467 e. The highest BCUT2D eigenvalue weighted by molar-refractivity contribution is 6.79. The molecular weight excluding hydrogens is 358 g/mol. The van der Waals surface area contributed by atoms with Crippen molar-refractivity contribution in [2.75, 3.05) is 19.8 Å². The molecule has 10 heteroatoms. The zero-order valence-electron chi connectivity index (χ0n) is 15.4.